The molecule has 1 rings (SSSR count). The first-order valence-corrected chi connectivity index (χ1v) is 5.04. The largest absolute Gasteiger partial charge is 0.477 e. The van der Waals surface area contributed by atoms with Crippen molar-refractivity contribution in [3.8, 4) is 5.88 Å². The highest BCUT2D eigenvalue weighted by Gasteiger charge is 2.16. The zero-order valence-electron chi connectivity index (χ0n) is 9.86. The number of nitrogen functional groups attached to an aromatic ring is 1. The molecule has 90 valence electrons. The Morgan fingerprint density at radius 3 is 2.81 bits per heavy atom. The summed E-state index contributed by atoms with van der Waals surface area (Å²) in [6.07, 6.45) is 2.17. The van der Waals surface area contributed by atoms with E-state index in [1.165, 1.54) is 6.33 Å². The van der Waals surface area contributed by atoms with Crippen LogP contribution in [0.15, 0.2) is 12.4 Å². The molecule has 0 bridgehead atoms. The molecule has 0 spiro atoms. The normalized spacial score (nSPS) is 11.2. The van der Waals surface area contributed by atoms with Crippen molar-refractivity contribution in [2.45, 2.75) is 25.9 Å². The predicted molar refractivity (Wildman–Crippen MR) is 61.0 cm³/mol. The van der Waals surface area contributed by atoms with Crippen LogP contribution in [-0.2, 0) is 4.74 Å². The van der Waals surface area contributed by atoms with Crippen molar-refractivity contribution in [1.82, 2.24) is 9.97 Å². The summed E-state index contributed by atoms with van der Waals surface area (Å²) >= 11 is 0. The summed E-state index contributed by atoms with van der Waals surface area (Å²) in [5.74, 6) is 6.24. The summed E-state index contributed by atoms with van der Waals surface area (Å²) < 4.78 is 10.7. The summed E-state index contributed by atoms with van der Waals surface area (Å²) in [6.45, 7) is 4.54. The number of hydrogen-bond acceptors (Lipinski definition) is 6. The van der Waals surface area contributed by atoms with E-state index in [1.54, 1.807) is 13.2 Å². The second kappa shape index (κ2) is 5.62. The third-order valence-corrected chi connectivity index (χ3v) is 2.30. The van der Waals surface area contributed by atoms with Crippen LogP contribution in [0.25, 0.3) is 0 Å². The van der Waals surface area contributed by atoms with E-state index < -0.39 is 0 Å². The van der Waals surface area contributed by atoms with Gasteiger partial charge in [0.1, 0.15) is 12.1 Å². The lowest BCUT2D eigenvalue weighted by atomic mass is 10.1. The average Bonchev–Trinajstić information content (AvgIpc) is 2.29. The molecule has 1 aromatic heterocycles. The molecule has 0 aliphatic rings. The minimum Gasteiger partial charge on any atom is -0.477 e. The van der Waals surface area contributed by atoms with Crippen molar-refractivity contribution in [3.63, 3.8) is 0 Å². The van der Waals surface area contributed by atoms with E-state index in [4.69, 9.17) is 15.3 Å². The second-order valence-electron chi connectivity index (χ2n) is 3.95. The number of aromatic nitrogens is 2. The number of rotatable bonds is 6. The Morgan fingerprint density at radius 1 is 1.44 bits per heavy atom. The van der Waals surface area contributed by atoms with Gasteiger partial charge in [0, 0.05) is 19.6 Å². The zero-order valence-corrected chi connectivity index (χ0v) is 9.86. The van der Waals surface area contributed by atoms with Crippen molar-refractivity contribution in [1.29, 1.82) is 0 Å². The van der Waals surface area contributed by atoms with Gasteiger partial charge in [0.15, 0.2) is 0 Å². The highest BCUT2D eigenvalue weighted by molar-refractivity contribution is 5.35. The van der Waals surface area contributed by atoms with E-state index in [9.17, 15) is 0 Å². The quantitative estimate of drug-likeness (QED) is 0.555. The Balaban J connectivity index is 2.42. The van der Waals surface area contributed by atoms with Crippen LogP contribution in [0, 0.1) is 0 Å². The van der Waals surface area contributed by atoms with Gasteiger partial charge >= 0.3 is 0 Å². The maximum Gasteiger partial charge on any atom is 0.218 e. The minimum absolute atomic E-state index is 0.192. The molecule has 0 unspecified atom stereocenters. The van der Waals surface area contributed by atoms with Gasteiger partial charge in [0.25, 0.3) is 0 Å². The highest BCUT2D eigenvalue weighted by atomic mass is 16.5. The van der Waals surface area contributed by atoms with Gasteiger partial charge in [-0.25, -0.2) is 15.8 Å². The fourth-order valence-corrected chi connectivity index (χ4v) is 1.00. The van der Waals surface area contributed by atoms with Crippen molar-refractivity contribution < 1.29 is 9.47 Å². The first-order chi connectivity index (χ1) is 7.57. The molecule has 0 atom stereocenters. The van der Waals surface area contributed by atoms with E-state index >= 15 is 0 Å². The summed E-state index contributed by atoms with van der Waals surface area (Å²) in [7, 11) is 1.68. The average molecular weight is 226 g/mol. The summed E-state index contributed by atoms with van der Waals surface area (Å²) in [5, 5.41) is 0. The lowest BCUT2D eigenvalue weighted by Crippen LogP contribution is -2.25. The van der Waals surface area contributed by atoms with Crippen molar-refractivity contribution in [3.05, 3.63) is 12.4 Å². The molecule has 3 N–H and O–H groups in total. The molecule has 0 aliphatic carbocycles. The minimum atomic E-state index is -0.192. The molecule has 0 saturated carbocycles. The second-order valence-corrected chi connectivity index (χ2v) is 3.95. The number of hydrazine groups is 1. The van der Waals surface area contributed by atoms with E-state index in [0.29, 0.717) is 18.3 Å². The summed E-state index contributed by atoms with van der Waals surface area (Å²) in [4.78, 5) is 7.84. The molecule has 16 heavy (non-hydrogen) atoms. The molecular weight excluding hydrogens is 208 g/mol. The molecule has 0 aromatic carbocycles. The number of ether oxygens (including phenoxy) is 2. The van der Waals surface area contributed by atoms with Crippen LogP contribution in [0.4, 0.5) is 5.82 Å². The van der Waals surface area contributed by atoms with Crippen molar-refractivity contribution in [2.75, 3.05) is 19.1 Å². The van der Waals surface area contributed by atoms with Crippen LogP contribution >= 0.6 is 0 Å². The van der Waals surface area contributed by atoms with Crippen LogP contribution in [0.3, 0.4) is 0 Å². The van der Waals surface area contributed by atoms with Crippen LogP contribution < -0.4 is 16.0 Å². The summed E-state index contributed by atoms with van der Waals surface area (Å²) in [6, 6.07) is 1.64. The van der Waals surface area contributed by atoms with Crippen molar-refractivity contribution >= 4 is 5.82 Å². The number of nitrogens with two attached hydrogens (primary N) is 1. The van der Waals surface area contributed by atoms with Gasteiger partial charge in [-0.3, -0.25) is 0 Å². The fourth-order valence-electron chi connectivity index (χ4n) is 1.00. The Hall–Kier alpha value is -1.40. The third kappa shape index (κ3) is 4.00. The van der Waals surface area contributed by atoms with Gasteiger partial charge < -0.3 is 14.9 Å². The third-order valence-electron chi connectivity index (χ3n) is 2.30. The topological polar surface area (TPSA) is 82.3 Å². The van der Waals surface area contributed by atoms with Gasteiger partial charge in [-0.05, 0) is 13.8 Å². The first-order valence-electron chi connectivity index (χ1n) is 5.04. The highest BCUT2D eigenvalue weighted by Crippen LogP contribution is 2.15. The summed E-state index contributed by atoms with van der Waals surface area (Å²) in [5.41, 5.74) is 2.24. The Bertz CT molecular complexity index is 330. The Labute approximate surface area is 95.1 Å². The zero-order chi connectivity index (χ0) is 12.0. The van der Waals surface area contributed by atoms with Gasteiger partial charge in [-0.2, -0.15) is 0 Å². The molecule has 0 saturated heterocycles. The van der Waals surface area contributed by atoms with Crippen LogP contribution in [0.1, 0.15) is 20.3 Å². The van der Waals surface area contributed by atoms with E-state index in [0.717, 1.165) is 6.42 Å². The van der Waals surface area contributed by atoms with Crippen molar-refractivity contribution in [2.24, 2.45) is 5.84 Å². The number of hydrogen-bond donors (Lipinski definition) is 2. The molecule has 0 fully saturated rings. The lowest BCUT2D eigenvalue weighted by Gasteiger charge is -2.22. The van der Waals surface area contributed by atoms with E-state index in [1.807, 2.05) is 13.8 Å². The molecule has 1 aromatic rings. The van der Waals surface area contributed by atoms with Crippen LogP contribution in [0.2, 0.25) is 0 Å². The van der Waals surface area contributed by atoms with Crippen LogP contribution in [-0.4, -0.2) is 29.3 Å². The lowest BCUT2D eigenvalue weighted by molar-refractivity contribution is 0.00508. The van der Waals surface area contributed by atoms with E-state index in [-0.39, 0.29) is 5.60 Å². The van der Waals surface area contributed by atoms with Gasteiger partial charge in [-0.15, -0.1) is 0 Å². The fraction of sp³-hybridized carbons (Fsp3) is 0.600. The SMILES string of the molecule is COC(C)(C)CCOc1cc(NN)ncn1. The smallest absolute Gasteiger partial charge is 0.218 e. The van der Waals surface area contributed by atoms with Gasteiger partial charge in [-0.1, -0.05) is 0 Å². The van der Waals surface area contributed by atoms with Gasteiger partial charge in [0.2, 0.25) is 5.88 Å². The maximum absolute atomic E-state index is 5.46. The Kier molecular flexibility index (Phi) is 4.45. The van der Waals surface area contributed by atoms with E-state index in [2.05, 4.69) is 15.4 Å². The molecule has 6 nitrogen and oxygen atoms in total. The number of methoxy groups -OCH3 is 1. The Morgan fingerprint density at radius 2 is 2.19 bits per heavy atom. The number of anilines is 1. The molecule has 0 radical (unpaired) electrons. The monoisotopic (exact) mass is 226 g/mol. The predicted octanol–water partition coefficient (Wildman–Crippen LogP) is 0.956. The van der Waals surface area contributed by atoms with Gasteiger partial charge in [0.05, 0.1) is 12.2 Å². The molecule has 0 aliphatic heterocycles. The number of nitrogens with zero attached hydrogens (tertiary/aromatic N) is 2. The molecular formula is C10H18N4O2. The number of nitrogens with one attached hydrogen (secondary N) is 1. The maximum atomic E-state index is 5.46. The standard InChI is InChI=1S/C10H18N4O2/c1-10(2,15-3)4-5-16-9-6-8(14-11)12-7-13-9/h6-7H,4-5,11H2,1-3H3,(H,12,13,14). The van der Waals surface area contributed by atoms with Crippen LogP contribution in [0.5, 0.6) is 5.88 Å². The first kappa shape index (κ1) is 12.7. The molecule has 1 heterocycles. The molecule has 6 heteroatoms. The molecule has 0 amide bonds.